The van der Waals surface area contributed by atoms with Crippen LogP contribution in [0.25, 0.3) is 66.4 Å². The average Bonchev–Trinajstić information content (AvgIpc) is 1.66. The smallest absolute Gasteiger partial charge is 0.320 e. The van der Waals surface area contributed by atoms with Crippen LogP contribution in [0, 0.1) is 32.6 Å². The Kier molecular flexibility index (Phi) is 20.3. The minimum atomic E-state index is 0.291. The maximum atomic E-state index is 6.18. The van der Waals surface area contributed by atoms with Gasteiger partial charge in [-0.15, -0.1) is 11.3 Å². The highest BCUT2D eigenvalue weighted by molar-refractivity contribution is 7.15. The van der Waals surface area contributed by atoms with Crippen LogP contribution in [-0.2, 0) is 58.3 Å². The predicted octanol–water partition coefficient (Wildman–Crippen LogP) is 14.0. The van der Waals surface area contributed by atoms with Gasteiger partial charge in [0.2, 0.25) is 0 Å². The Morgan fingerprint density at radius 3 is 1.33 bits per heavy atom. The number of thiazole rings is 1. The highest BCUT2D eigenvalue weighted by Gasteiger charge is 2.25. The van der Waals surface area contributed by atoms with Crippen LogP contribution >= 0.6 is 11.3 Å². The summed E-state index contributed by atoms with van der Waals surface area (Å²) in [5.74, 6) is 5.39. The number of nitrogens with one attached hydrogen (secondary N) is 3. The van der Waals surface area contributed by atoms with Crippen molar-refractivity contribution in [2.24, 2.45) is 11.8 Å². The standard InChI is InChI=1S/C27H31N7O.C27H30N6OS.C26H30N8O/c1-17-29-24-25(28)30-27-31-26(24)34(17)16-19-10-12-22(20(14-19)8-3-2-4-13-35-27)23-15-21(32-33-23)11-9-18-6-5-7-18;1-17-30-24-25(28)31-27-32-26(24)33(17)16-19-9-11-21(20(14-19)8-3-2-4-13-34-27)22-15-29-23(35-22)12-10-18-6-5-7-18;1-16-29-23-24(27)30-26-31-25(23)34(16)15-17-9-10-21(18(12-17)6-3-2-4-11-35-26)22-13-20(32-33-22)14-28-19-7-5-8-19/h2-3,10,12,14-15,18H,4-9,11,13,16H2,1H3,(H,32,33)(H2,28,30,31);2-3,9,11,14-15,18H,4-8,10,12-13,16H2,1H3,(H2,28,31,32);2-3,9-10,12-13,19,28H,4-8,11,14-15H2,1H3,(H,32,33)(H2,27,30,31)/b2*3-2+;3-2-. The monoisotopic (exact) mass is 1430 g/mol. The van der Waals surface area contributed by atoms with E-state index in [0.29, 0.717) is 114 Å². The molecule has 0 atom stereocenters. The molecule has 25 heteroatoms. The second kappa shape index (κ2) is 31.0. The van der Waals surface area contributed by atoms with Gasteiger partial charge >= 0.3 is 18.0 Å². The van der Waals surface area contributed by atoms with Gasteiger partial charge in [0.15, 0.2) is 50.9 Å². The first-order chi connectivity index (χ1) is 51.4. The first-order valence-electron chi connectivity index (χ1n) is 37.4. The van der Waals surface area contributed by atoms with Crippen LogP contribution in [0.3, 0.4) is 0 Å². The summed E-state index contributed by atoms with van der Waals surface area (Å²) < 4.78 is 23.6. The molecule has 9 N–H and O–H groups in total. The lowest BCUT2D eigenvalue weighted by molar-refractivity contribution is 0.295. The van der Waals surface area contributed by atoms with Crippen LogP contribution in [0.15, 0.2) is 109 Å². The molecule has 540 valence electrons. The van der Waals surface area contributed by atoms with Gasteiger partial charge in [-0.2, -0.15) is 40.1 Å². The van der Waals surface area contributed by atoms with Gasteiger partial charge in [0, 0.05) is 41.3 Å². The summed E-state index contributed by atoms with van der Waals surface area (Å²) in [5, 5.41) is 20.7. The maximum absolute atomic E-state index is 6.18. The van der Waals surface area contributed by atoms with Gasteiger partial charge in [-0.1, -0.05) is 136 Å². The molecular weight excluding hydrogens is 1340 g/mol. The third kappa shape index (κ3) is 15.6. The molecule has 0 radical (unpaired) electrons. The number of hydrogen-bond donors (Lipinski definition) is 6. The summed E-state index contributed by atoms with van der Waals surface area (Å²) in [4.78, 5) is 46.6. The van der Waals surface area contributed by atoms with Crippen molar-refractivity contribution in [1.82, 2.24) is 89.3 Å². The van der Waals surface area contributed by atoms with E-state index in [9.17, 15) is 0 Å². The number of nitrogens with zero attached hydrogens (tertiary/aromatic N) is 15. The van der Waals surface area contributed by atoms with E-state index >= 15 is 0 Å². The lowest BCUT2D eigenvalue weighted by atomic mass is 9.82. The van der Waals surface area contributed by atoms with E-state index in [1.165, 1.54) is 131 Å². The largest absolute Gasteiger partial charge is 0.463 e. The molecule has 18 rings (SSSR count). The summed E-state index contributed by atoms with van der Waals surface area (Å²) in [6.45, 7) is 10.1. The Morgan fingerprint density at radius 2 is 0.895 bits per heavy atom. The van der Waals surface area contributed by atoms with E-state index in [-0.39, 0.29) is 0 Å². The number of nitrogen functional groups attached to an aromatic ring is 3. The van der Waals surface area contributed by atoms with E-state index in [1.54, 1.807) is 0 Å². The van der Waals surface area contributed by atoms with E-state index in [0.717, 1.165) is 110 Å². The fourth-order valence-electron chi connectivity index (χ4n) is 14.6. The number of aromatic amines is 2. The van der Waals surface area contributed by atoms with Crippen LogP contribution in [0.1, 0.15) is 157 Å². The van der Waals surface area contributed by atoms with Crippen molar-refractivity contribution in [2.75, 3.05) is 37.0 Å². The Balaban J connectivity index is 0.000000121. The van der Waals surface area contributed by atoms with Gasteiger partial charge < -0.3 is 50.4 Å². The highest BCUT2D eigenvalue weighted by atomic mass is 32.1. The number of imidazole rings is 3. The lowest BCUT2D eigenvalue weighted by Gasteiger charge is -2.26. The first kappa shape index (κ1) is 68.8. The van der Waals surface area contributed by atoms with E-state index in [2.05, 4.69) is 194 Å². The Bertz CT molecular complexity index is 4700. The normalized spacial score (nSPS) is 17.2. The van der Waals surface area contributed by atoms with Gasteiger partial charge in [-0.3, -0.25) is 10.2 Å². The topological polar surface area (TPSA) is 319 Å². The fourth-order valence-corrected chi connectivity index (χ4v) is 15.6. The number of aryl methyl sites for hydroxylation is 5. The van der Waals surface area contributed by atoms with Crippen molar-refractivity contribution in [1.29, 1.82) is 0 Å². The molecule has 12 bridgehead atoms. The van der Waals surface area contributed by atoms with Crippen molar-refractivity contribution in [3.63, 3.8) is 0 Å². The minimum absolute atomic E-state index is 0.291. The molecule has 12 aromatic rings. The van der Waals surface area contributed by atoms with Gasteiger partial charge in [0.25, 0.3) is 0 Å². The van der Waals surface area contributed by atoms with Gasteiger partial charge in [0.1, 0.15) is 17.5 Å². The van der Waals surface area contributed by atoms with Gasteiger partial charge in [-0.05, 0) is 161 Å². The zero-order chi connectivity index (χ0) is 71.3. The van der Waals surface area contributed by atoms with Crippen molar-refractivity contribution in [3.05, 3.63) is 177 Å². The lowest BCUT2D eigenvalue weighted by Crippen LogP contribution is -2.34. The summed E-state index contributed by atoms with van der Waals surface area (Å²) in [5.41, 5.74) is 37.8. The number of allylic oxidation sites excluding steroid dienone is 3. The first-order valence-corrected chi connectivity index (χ1v) is 38.2. The number of H-pyrrole nitrogens is 2. The Morgan fingerprint density at radius 1 is 0.476 bits per heavy atom. The molecule has 24 nitrogen and oxygen atoms in total. The highest BCUT2D eigenvalue weighted by Crippen LogP contribution is 2.37. The zero-order valence-electron chi connectivity index (χ0n) is 60.1. The van der Waals surface area contributed by atoms with Crippen LogP contribution in [-0.4, -0.2) is 110 Å². The summed E-state index contributed by atoms with van der Waals surface area (Å²) in [6, 6.07) is 25.9. The Labute approximate surface area is 614 Å². The number of aromatic nitrogens is 17. The Hall–Kier alpha value is -10.7. The number of ether oxygens (including phenoxy) is 3. The molecule has 0 unspecified atom stereocenters. The molecular formula is C80H91N21O3S. The molecule has 12 heterocycles. The molecule has 0 spiro atoms. The van der Waals surface area contributed by atoms with Crippen molar-refractivity contribution >= 4 is 62.3 Å². The SMILES string of the molecule is Cc1nc2c(N)nc3nc2n1Cc1ccc(-c2cc(CCC4CCC4)[nH]n2)c(c1)C/C=C/CCO3.Cc1nc2c(N)nc3nc2n1Cc1ccc(-c2cc(CNC4CCC4)[nH]n2)c(c1)C/C=C\CCO3.Cc1nc2c(N)nc3nc2n1Cc1ccc(-c2cnc(CCC4CCC4)s2)c(c1)C/C=C/CCO3. The zero-order valence-corrected chi connectivity index (χ0v) is 60.9. The number of rotatable bonds is 12. The number of anilines is 3. The molecule has 3 aliphatic heterocycles. The third-order valence-electron chi connectivity index (χ3n) is 21.3. The van der Waals surface area contributed by atoms with Gasteiger partial charge in [0.05, 0.1) is 60.7 Å². The third-order valence-corrected chi connectivity index (χ3v) is 22.4. The van der Waals surface area contributed by atoms with Crippen LogP contribution in [0.5, 0.6) is 18.0 Å². The number of fused-ring (bicyclic) bond motifs is 9. The van der Waals surface area contributed by atoms with Crippen molar-refractivity contribution in [3.8, 4) is 51.0 Å². The van der Waals surface area contributed by atoms with Crippen LogP contribution in [0.2, 0.25) is 0 Å². The number of benzene rings is 3. The fraction of sp³-hybridized carbons (Fsp3) is 0.400. The minimum Gasteiger partial charge on any atom is -0.463 e. The average molecular weight is 1430 g/mol. The van der Waals surface area contributed by atoms with Crippen molar-refractivity contribution in [2.45, 2.75) is 175 Å². The van der Waals surface area contributed by atoms with Gasteiger partial charge in [-0.25, -0.2) is 19.9 Å². The second-order valence-electron chi connectivity index (χ2n) is 28.7. The molecule has 9 aromatic heterocycles. The van der Waals surface area contributed by atoms with Crippen molar-refractivity contribution < 1.29 is 14.2 Å². The molecule has 0 amide bonds. The summed E-state index contributed by atoms with van der Waals surface area (Å²) in [6.07, 6.45) is 36.9. The second-order valence-corrected chi connectivity index (χ2v) is 29.8. The molecule has 0 saturated heterocycles. The summed E-state index contributed by atoms with van der Waals surface area (Å²) >= 11 is 1.84. The van der Waals surface area contributed by atoms with Crippen LogP contribution in [0.4, 0.5) is 17.5 Å². The molecule has 105 heavy (non-hydrogen) atoms. The molecule has 3 saturated carbocycles. The molecule has 6 aliphatic rings. The summed E-state index contributed by atoms with van der Waals surface area (Å²) in [7, 11) is 0. The van der Waals surface area contributed by atoms with E-state index in [4.69, 9.17) is 36.4 Å². The van der Waals surface area contributed by atoms with Crippen LogP contribution < -0.4 is 36.7 Å². The molecule has 3 aromatic carbocycles. The quantitative estimate of drug-likeness (QED) is 0.0619. The molecule has 3 aliphatic carbocycles. The number of nitrogens with two attached hydrogens (primary N) is 3. The molecule has 3 fully saturated rings. The van der Waals surface area contributed by atoms with E-state index in [1.807, 2.05) is 32.1 Å². The number of hydrogen-bond acceptors (Lipinski definition) is 20. The van der Waals surface area contributed by atoms with E-state index < -0.39 is 0 Å². The maximum Gasteiger partial charge on any atom is 0.320 e. The predicted molar refractivity (Wildman–Crippen MR) is 411 cm³/mol.